The molecule has 10 heteroatoms. The van der Waals surface area contributed by atoms with Crippen molar-refractivity contribution in [3.05, 3.63) is 23.9 Å². The molecule has 1 aromatic carbocycles. The van der Waals surface area contributed by atoms with Gasteiger partial charge >= 0.3 is 0 Å². The molecule has 3 rings (SSSR count). The van der Waals surface area contributed by atoms with Crippen molar-refractivity contribution in [1.82, 2.24) is 14.4 Å². The average molecular weight is 434 g/mol. The summed E-state index contributed by atoms with van der Waals surface area (Å²) in [5.74, 6) is 2.43. The zero-order valence-corrected chi connectivity index (χ0v) is 18.3. The second-order valence-corrected chi connectivity index (χ2v) is 8.88. The third kappa shape index (κ3) is 4.75. The van der Waals surface area contributed by atoms with E-state index in [1.54, 1.807) is 20.4 Å². The fourth-order valence-electron chi connectivity index (χ4n) is 3.80. The SMILES string of the molecule is CNS(=O)(=O)NCCC1CCN(c2ncc(C#N)c3cc(OC)c(OC)cc23)CC1. The van der Waals surface area contributed by atoms with E-state index in [4.69, 9.17) is 9.47 Å². The van der Waals surface area contributed by atoms with Crippen LogP contribution in [-0.4, -0.2) is 54.3 Å². The van der Waals surface area contributed by atoms with Crippen LogP contribution < -0.4 is 23.8 Å². The van der Waals surface area contributed by atoms with Crippen LogP contribution in [0.2, 0.25) is 0 Å². The molecule has 0 bridgehead atoms. The van der Waals surface area contributed by atoms with Gasteiger partial charge in [0.15, 0.2) is 11.5 Å². The van der Waals surface area contributed by atoms with E-state index < -0.39 is 10.2 Å². The van der Waals surface area contributed by atoms with E-state index in [1.807, 2.05) is 12.1 Å². The molecule has 0 atom stereocenters. The number of nitriles is 1. The smallest absolute Gasteiger partial charge is 0.276 e. The number of rotatable bonds is 8. The summed E-state index contributed by atoms with van der Waals surface area (Å²) in [5.41, 5.74) is 0.487. The second-order valence-electron chi connectivity index (χ2n) is 7.18. The molecule has 9 nitrogen and oxygen atoms in total. The van der Waals surface area contributed by atoms with Gasteiger partial charge in [0.1, 0.15) is 11.9 Å². The highest BCUT2D eigenvalue weighted by Crippen LogP contribution is 2.38. The number of methoxy groups -OCH3 is 2. The van der Waals surface area contributed by atoms with Crippen molar-refractivity contribution >= 4 is 26.8 Å². The third-order valence-corrected chi connectivity index (χ3v) is 6.64. The van der Waals surface area contributed by atoms with E-state index >= 15 is 0 Å². The third-order valence-electron chi connectivity index (χ3n) is 5.52. The number of anilines is 1. The first-order valence-electron chi connectivity index (χ1n) is 9.80. The molecule has 30 heavy (non-hydrogen) atoms. The number of pyridine rings is 1. The van der Waals surface area contributed by atoms with Gasteiger partial charge in [-0.1, -0.05) is 0 Å². The van der Waals surface area contributed by atoms with Crippen molar-refractivity contribution in [1.29, 1.82) is 5.26 Å². The lowest BCUT2D eigenvalue weighted by atomic mass is 9.93. The van der Waals surface area contributed by atoms with Gasteiger partial charge in [0, 0.05) is 43.7 Å². The number of piperidine rings is 1. The van der Waals surface area contributed by atoms with Crippen LogP contribution in [0.3, 0.4) is 0 Å². The predicted molar refractivity (Wildman–Crippen MR) is 115 cm³/mol. The van der Waals surface area contributed by atoms with Gasteiger partial charge in [0.05, 0.1) is 19.8 Å². The molecule has 1 aromatic heterocycles. The highest BCUT2D eigenvalue weighted by atomic mass is 32.2. The number of nitrogens with one attached hydrogen (secondary N) is 2. The molecule has 0 unspecified atom stereocenters. The second kappa shape index (κ2) is 9.47. The summed E-state index contributed by atoms with van der Waals surface area (Å²) in [5, 5.41) is 11.1. The minimum atomic E-state index is -3.39. The number of nitrogens with zero attached hydrogens (tertiary/aromatic N) is 3. The normalized spacial score (nSPS) is 15.2. The Morgan fingerprint density at radius 1 is 1.20 bits per heavy atom. The van der Waals surface area contributed by atoms with Crippen molar-refractivity contribution in [2.24, 2.45) is 5.92 Å². The van der Waals surface area contributed by atoms with Crippen molar-refractivity contribution in [3.8, 4) is 17.6 Å². The fraction of sp³-hybridized carbons (Fsp3) is 0.500. The van der Waals surface area contributed by atoms with Gasteiger partial charge in [-0.3, -0.25) is 0 Å². The molecule has 1 saturated heterocycles. The van der Waals surface area contributed by atoms with E-state index in [0.717, 1.165) is 48.9 Å². The summed E-state index contributed by atoms with van der Waals surface area (Å²) < 4.78 is 38.6. The standard InChI is InChI=1S/C20H27N5O4S/c1-22-30(26,27)24-7-4-14-5-8-25(9-6-14)20-17-11-19(29-3)18(28-2)10-16(17)15(12-21)13-23-20/h10-11,13-14,22,24H,4-9H2,1-3H3. The Balaban J connectivity index is 1.77. The van der Waals surface area contributed by atoms with E-state index in [1.165, 1.54) is 7.05 Å². The van der Waals surface area contributed by atoms with Crippen LogP contribution in [0.1, 0.15) is 24.8 Å². The number of hydrogen-bond acceptors (Lipinski definition) is 7. The lowest BCUT2D eigenvalue weighted by molar-refractivity contribution is 0.356. The van der Waals surface area contributed by atoms with E-state index in [9.17, 15) is 13.7 Å². The number of aromatic nitrogens is 1. The van der Waals surface area contributed by atoms with Crippen LogP contribution in [-0.2, 0) is 10.2 Å². The summed E-state index contributed by atoms with van der Waals surface area (Å²) in [7, 11) is 1.15. The molecule has 2 N–H and O–H groups in total. The highest BCUT2D eigenvalue weighted by molar-refractivity contribution is 7.87. The largest absolute Gasteiger partial charge is 0.493 e. The molecule has 1 aliphatic rings. The van der Waals surface area contributed by atoms with Crippen molar-refractivity contribution < 1.29 is 17.9 Å². The zero-order valence-electron chi connectivity index (χ0n) is 17.4. The van der Waals surface area contributed by atoms with Gasteiger partial charge in [-0.25, -0.2) is 14.4 Å². The number of fused-ring (bicyclic) bond motifs is 1. The molecule has 0 amide bonds. The Morgan fingerprint density at radius 3 is 2.40 bits per heavy atom. The van der Waals surface area contributed by atoms with Gasteiger partial charge in [-0.05, 0) is 37.3 Å². The van der Waals surface area contributed by atoms with Gasteiger partial charge < -0.3 is 14.4 Å². The topological polar surface area (TPSA) is 117 Å². The molecule has 1 aliphatic heterocycles. The minimum Gasteiger partial charge on any atom is -0.493 e. The average Bonchev–Trinajstić information content (AvgIpc) is 2.77. The van der Waals surface area contributed by atoms with Crippen LogP contribution in [0.15, 0.2) is 18.3 Å². The van der Waals surface area contributed by atoms with E-state index in [-0.39, 0.29) is 0 Å². The molecule has 0 radical (unpaired) electrons. The predicted octanol–water partition coefficient (Wildman–Crippen LogP) is 1.78. The molecular formula is C20H27N5O4S. The number of benzene rings is 1. The maximum absolute atomic E-state index is 11.5. The Bertz CT molecular complexity index is 1040. The molecular weight excluding hydrogens is 406 g/mol. The Labute approximate surface area is 177 Å². The molecule has 1 fully saturated rings. The highest BCUT2D eigenvalue weighted by Gasteiger charge is 2.23. The molecule has 0 spiro atoms. The summed E-state index contributed by atoms with van der Waals surface area (Å²) in [6.45, 7) is 2.04. The summed E-state index contributed by atoms with van der Waals surface area (Å²) in [4.78, 5) is 6.78. The quantitative estimate of drug-likeness (QED) is 0.652. The Kier molecular flexibility index (Phi) is 6.97. The van der Waals surface area contributed by atoms with Crippen LogP contribution in [0, 0.1) is 17.2 Å². The van der Waals surface area contributed by atoms with Crippen molar-refractivity contribution in [2.45, 2.75) is 19.3 Å². The summed E-state index contributed by atoms with van der Waals surface area (Å²) in [6, 6.07) is 5.89. The van der Waals surface area contributed by atoms with Gasteiger partial charge in [-0.2, -0.15) is 13.7 Å². The monoisotopic (exact) mass is 433 g/mol. The number of ether oxygens (including phenoxy) is 2. The van der Waals surface area contributed by atoms with Crippen LogP contribution in [0.5, 0.6) is 11.5 Å². The lowest BCUT2D eigenvalue weighted by Crippen LogP contribution is -2.38. The molecule has 0 aliphatic carbocycles. The minimum absolute atomic E-state index is 0.420. The van der Waals surface area contributed by atoms with Crippen LogP contribution >= 0.6 is 0 Å². The molecule has 0 saturated carbocycles. The van der Waals surface area contributed by atoms with Gasteiger partial charge in [-0.15, -0.1) is 0 Å². The first-order valence-corrected chi connectivity index (χ1v) is 11.3. The first kappa shape index (κ1) is 22.1. The van der Waals surface area contributed by atoms with E-state index in [0.29, 0.717) is 29.5 Å². The van der Waals surface area contributed by atoms with Gasteiger partial charge in [0.2, 0.25) is 0 Å². The van der Waals surface area contributed by atoms with Gasteiger partial charge in [0.25, 0.3) is 10.2 Å². The summed E-state index contributed by atoms with van der Waals surface area (Å²) >= 11 is 0. The first-order chi connectivity index (χ1) is 14.4. The lowest BCUT2D eigenvalue weighted by Gasteiger charge is -2.33. The Hall–Kier alpha value is -2.61. The maximum Gasteiger partial charge on any atom is 0.276 e. The van der Waals surface area contributed by atoms with E-state index in [2.05, 4.69) is 25.4 Å². The zero-order chi connectivity index (χ0) is 21.7. The number of hydrogen-bond donors (Lipinski definition) is 2. The fourth-order valence-corrected chi connectivity index (χ4v) is 4.33. The molecule has 2 aromatic rings. The van der Waals surface area contributed by atoms with Crippen molar-refractivity contribution in [3.63, 3.8) is 0 Å². The Morgan fingerprint density at radius 2 is 1.83 bits per heavy atom. The molecule has 2 heterocycles. The van der Waals surface area contributed by atoms with Crippen LogP contribution in [0.4, 0.5) is 5.82 Å². The van der Waals surface area contributed by atoms with Crippen LogP contribution in [0.25, 0.3) is 10.8 Å². The summed E-state index contributed by atoms with van der Waals surface area (Å²) in [6.07, 6.45) is 4.28. The van der Waals surface area contributed by atoms with Crippen molar-refractivity contribution in [2.75, 3.05) is 45.8 Å². The molecule has 162 valence electrons. The maximum atomic E-state index is 11.5.